The summed E-state index contributed by atoms with van der Waals surface area (Å²) >= 11 is 3.35. The van der Waals surface area contributed by atoms with Crippen LogP contribution >= 0.6 is 15.9 Å². The monoisotopic (exact) mass is 426 g/mol. The van der Waals surface area contributed by atoms with Crippen LogP contribution in [0, 0.1) is 6.92 Å². The molecule has 0 saturated carbocycles. The van der Waals surface area contributed by atoms with Crippen LogP contribution in [0.5, 0.6) is 0 Å². The van der Waals surface area contributed by atoms with Crippen molar-refractivity contribution in [3.8, 4) is 0 Å². The van der Waals surface area contributed by atoms with Gasteiger partial charge in [0.15, 0.2) is 6.61 Å². The molecule has 3 aromatic rings. The number of carbonyl (C=O) groups excluding carboxylic acids is 2. The van der Waals surface area contributed by atoms with Crippen LogP contribution < -0.4 is 5.32 Å². The Morgan fingerprint density at radius 2 is 1.93 bits per heavy atom. The highest BCUT2D eigenvalue weighted by Gasteiger charge is 2.19. The van der Waals surface area contributed by atoms with Crippen LogP contribution in [0.1, 0.15) is 28.5 Å². The topological polar surface area (TPSA) is 68.3 Å². The van der Waals surface area contributed by atoms with Gasteiger partial charge in [0.25, 0.3) is 5.91 Å². The van der Waals surface area contributed by atoms with Crippen molar-refractivity contribution >= 4 is 44.4 Å². The van der Waals surface area contributed by atoms with E-state index < -0.39 is 11.9 Å². The van der Waals surface area contributed by atoms with Crippen LogP contribution in [0.3, 0.4) is 0 Å². The Kier molecular flexibility index (Phi) is 5.86. The number of amides is 1. The predicted molar refractivity (Wildman–Crippen MR) is 109 cm³/mol. The maximum Gasteiger partial charge on any atom is 0.339 e. The summed E-state index contributed by atoms with van der Waals surface area (Å²) in [5.74, 6) is -0.918. The van der Waals surface area contributed by atoms with Crippen LogP contribution in [-0.2, 0) is 16.0 Å². The van der Waals surface area contributed by atoms with Crippen molar-refractivity contribution in [2.24, 2.45) is 0 Å². The quantitative estimate of drug-likeness (QED) is 0.602. The lowest BCUT2D eigenvalue weighted by atomic mass is 10.0. The first kappa shape index (κ1) is 19.0. The minimum atomic E-state index is -0.523. The number of esters is 1. The maximum atomic E-state index is 12.7. The van der Waals surface area contributed by atoms with E-state index in [9.17, 15) is 9.59 Å². The van der Waals surface area contributed by atoms with E-state index in [4.69, 9.17) is 4.74 Å². The summed E-state index contributed by atoms with van der Waals surface area (Å²) in [4.78, 5) is 29.4. The Bertz CT molecular complexity index is 1020. The van der Waals surface area contributed by atoms with Crippen molar-refractivity contribution in [1.29, 1.82) is 0 Å². The largest absolute Gasteiger partial charge is 0.452 e. The normalized spacial score (nSPS) is 10.6. The van der Waals surface area contributed by atoms with Gasteiger partial charge < -0.3 is 10.1 Å². The fourth-order valence-electron chi connectivity index (χ4n) is 2.93. The number of aryl methyl sites for hydroxylation is 1. The summed E-state index contributed by atoms with van der Waals surface area (Å²) in [6.07, 6.45) is 0.709. The Hall–Kier alpha value is -2.73. The third kappa shape index (κ3) is 4.34. The fraction of sp³-hybridized carbons (Fsp3) is 0.190. The summed E-state index contributed by atoms with van der Waals surface area (Å²) in [5.41, 5.74) is 3.47. The number of benzene rings is 2. The minimum Gasteiger partial charge on any atom is -0.452 e. The molecule has 6 heteroatoms. The first-order valence-corrected chi connectivity index (χ1v) is 9.39. The number of anilines is 1. The number of fused-ring (bicyclic) bond motifs is 1. The average Bonchev–Trinajstić information content (AvgIpc) is 2.65. The van der Waals surface area contributed by atoms with Crippen molar-refractivity contribution in [2.75, 3.05) is 11.9 Å². The van der Waals surface area contributed by atoms with Gasteiger partial charge in [-0.2, -0.15) is 0 Å². The highest BCUT2D eigenvalue weighted by atomic mass is 79.9. The first-order chi connectivity index (χ1) is 13.0. The number of halogens is 1. The third-order valence-corrected chi connectivity index (χ3v) is 4.71. The Morgan fingerprint density at radius 3 is 2.67 bits per heavy atom. The van der Waals surface area contributed by atoms with E-state index in [0.29, 0.717) is 17.7 Å². The van der Waals surface area contributed by atoms with Crippen LogP contribution in [0.2, 0.25) is 0 Å². The Labute approximate surface area is 165 Å². The number of hydrogen-bond acceptors (Lipinski definition) is 4. The minimum absolute atomic E-state index is 0.358. The summed E-state index contributed by atoms with van der Waals surface area (Å²) in [5, 5.41) is 3.43. The summed E-state index contributed by atoms with van der Waals surface area (Å²) < 4.78 is 6.14. The molecule has 138 valence electrons. The number of pyridine rings is 1. The molecule has 0 bridgehead atoms. The van der Waals surface area contributed by atoms with Crippen molar-refractivity contribution in [2.45, 2.75) is 20.3 Å². The number of nitrogens with one attached hydrogen (secondary N) is 1. The molecule has 2 aromatic carbocycles. The first-order valence-electron chi connectivity index (χ1n) is 8.60. The maximum absolute atomic E-state index is 12.7. The highest BCUT2D eigenvalue weighted by molar-refractivity contribution is 9.10. The predicted octanol–water partition coefficient (Wildman–Crippen LogP) is 4.66. The summed E-state index contributed by atoms with van der Waals surface area (Å²) in [6, 6.07) is 14.6. The van der Waals surface area contributed by atoms with Gasteiger partial charge in [-0.3, -0.25) is 9.78 Å². The molecule has 0 spiro atoms. The van der Waals surface area contributed by atoms with Gasteiger partial charge in [-0.25, -0.2) is 4.79 Å². The van der Waals surface area contributed by atoms with E-state index in [1.54, 1.807) is 12.1 Å². The van der Waals surface area contributed by atoms with Crippen LogP contribution in [0.25, 0.3) is 10.9 Å². The Balaban J connectivity index is 1.78. The molecule has 0 atom stereocenters. The smallest absolute Gasteiger partial charge is 0.339 e. The van der Waals surface area contributed by atoms with Crippen molar-refractivity contribution in [3.63, 3.8) is 0 Å². The standard InChI is InChI=1S/C21H19BrN2O3/c1-3-17-13(2)20(16-9-4-5-10-18(16)24-17)21(26)27-12-19(25)23-15-8-6-7-14(22)11-15/h4-11H,3,12H2,1-2H3,(H,23,25). The van der Waals surface area contributed by atoms with E-state index in [0.717, 1.165) is 26.6 Å². The third-order valence-electron chi connectivity index (χ3n) is 4.22. The number of aromatic nitrogens is 1. The number of nitrogens with zero attached hydrogens (tertiary/aromatic N) is 1. The van der Waals surface area contributed by atoms with E-state index in [-0.39, 0.29) is 6.61 Å². The van der Waals surface area contributed by atoms with Gasteiger partial charge in [0, 0.05) is 21.2 Å². The van der Waals surface area contributed by atoms with Gasteiger partial charge in [-0.1, -0.05) is 47.1 Å². The van der Waals surface area contributed by atoms with Gasteiger partial charge in [0.05, 0.1) is 11.1 Å². The molecule has 1 amide bonds. The van der Waals surface area contributed by atoms with E-state index in [1.165, 1.54) is 0 Å². The number of ether oxygens (including phenoxy) is 1. The SMILES string of the molecule is CCc1nc2ccccc2c(C(=O)OCC(=O)Nc2cccc(Br)c2)c1C. The van der Waals surface area contributed by atoms with E-state index in [1.807, 2.05) is 50.2 Å². The zero-order valence-corrected chi connectivity index (χ0v) is 16.7. The van der Waals surface area contributed by atoms with Gasteiger partial charge in [0.1, 0.15) is 0 Å². The molecular formula is C21H19BrN2O3. The molecule has 1 aromatic heterocycles. The van der Waals surface area contributed by atoms with E-state index in [2.05, 4.69) is 26.2 Å². The van der Waals surface area contributed by atoms with Gasteiger partial charge in [-0.05, 0) is 43.2 Å². The van der Waals surface area contributed by atoms with Crippen LogP contribution in [0.4, 0.5) is 5.69 Å². The lowest BCUT2D eigenvalue weighted by Crippen LogP contribution is -2.21. The molecule has 0 fully saturated rings. The molecule has 3 rings (SSSR count). The molecule has 5 nitrogen and oxygen atoms in total. The van der Waals surface area contributed by atoms with Gasteiger partial charge in [-0.15, -0.1) is 0 Å². The molecule has 0 saturated heterocycles. The number of hydrogen-bond donors (Lipinski definition) is 1. The average molecular weight is 427 g/mol. The van der Waals surface area contributed by atoms with Crippen molar-refractivity contribution in [3.05, 3.63) is 69.8 Å². The number of para-hydroxylation sites is 1. The van der Waals surface area contributed by atoms with Crippen molar-refractivity contribution in [1.82, 2.24) is 4.98 Å². The second-order valence-corrected chi connectivity index (χ2v) is 6.98. The van der Waals surface area contributed by atoms with Gasteiger partial charge >= 0.3 is 5.97 Å². The highest BCUT2D eigenvalue weighted by Crippen LogP contribution is 2.24. The second kappa shape index (κ2) is 8.31. The van der Waals surface area contributed by atoms with Crippen LogP contribution in [-0.4, -0.2) is 23.5 Å². The molecule has 1 N–H and O–H groups in total. The van der Waals surface area contributed by atoms with Crippen LogP contribution in [0.15, 0.2) is 53.0 Å². The lowest BCUT2D eigenvalue weighted by molar-refractivity contribution is -0.119. The zero-order valence-electron chi connectivity index (χ0n) is 15.1. The molecule has 0 radical (unpaired) electrons. The second-order valence-electron chi connectivity index (χ2n) is 6.06. The number of rotatable bonds is 5. The molecule has 1 heterocycles. The fourth-order valence-corrected chi connectivity index (χ4v) is 3.33. The molecule has 0 aliphatic carbocycles. The zero-order chi connectivity index (χ0) is 19.4. The molecular weight excluding hydrogens is 408 g/mol. The lowest BCUT2D eigenvalue weighted by Gasteiger charge is -2.13. The van der Waals surface area contributed by atoms with Crippen molar-refractivity contribution < 1.29 is 14.3 Å². The summed E-state index contributed by atoms with van der Waals surface area (Å²) in [6.45, 7) is 3.49. The van der Waals surface area contributed by atoms with Gasteiger partial charge in [0.2, 0.25) is 0 Å². The number of carbonyl (C=O) groups is 2. The molecule has 0 aliphatic rings. The molecule has 0 aliphatic heterocycles. The summed E-state index contributed by atoms with van der Waals surface area (Å²) in [7, 11) is 0. The Morgan fingerprint density at radius 1 is 1.15 bits per heavy atom. The molecule has 27 heavy (non-hydrogen) atoms. The van der Waals surface area contributed by atoms with E-state index >= 15 is 0 Å². The molecule has 0 unspecified atom stereocenters.